The smallest absolute Gasteiger partial charge is 0.270 e. The average molecular weight is 445 g/mol. The minimum Gasteiger partial charge on any atom is -0.325 e. The Labute approximate surface area is 189 Å². The molecule has 0 unspecified atom stereocenters. The molecule has 0 fully saturated rings. The zero-order chi connectivity index (χ0) is 22.5. The van der Waals surface area contributed by atoms with Crippen molar-refractivity contribution in [3.8, 4) is 16.9 Å². The van der Waals surface area contributed by atoms with E-state index >= 15 is 0 Å². The number of amides is 1. The van der Waals surface area contributed by atoms with Crippen LogP contribution < -0.4 is 5.32 Å². The summed E-state index contributed by atoms with van der Waals surface area (Å²) in [5.74, 6) is 0.0323. The number of non-ortho nitro benzene ring substituents is 1. The Kier molecular flexibility index (Phi) is 6.32. The monoisotopic (exact) mass is 444 g/mol. The van der Waals surface area contributed by atoms with Gasteiger partial charge in [0, 0.05) is 29.1 Å². The number of rotatable bonds is 7. The highest BCUT2D eigenvalue weighted by molar-refractivity contribution is 7.99. The Balaban J connectivity index is 1.61. The predicted octanol–water partition coefficient (Wildman–Crippen LogP) is 5.49. The maximum absolute atomic E-state index is 12.5. The van der Waals surface area contributed by atoms with E-state index in [0.29, 0.717) is 16.4 Å². The molecule has 1 aromatic heterocycles. The van der Waals surface area contributed by atoms with Crippen LogP contribution in [-0.2, 0) is 4.79 Å². The Bertz CT molecular complexity index is 1250. The second-order valence-electron chi connectivity index (χ2n) is 7.11. The summed E-state index contributed by atoms with van der Waals surface area (Å²) in [6, 6.07) is 23.6. The van der Waals surface area contributed by atoms with Crippen LogP contribution in [0.1, 0.15) is 5.56 Å². The van der Waals surface area contributed by atoms with Crippen LogP contribution in [0.2, 0.25) is 0 Å². The summed E-state index contributed by atoms with van der Waals surface area (Å²) in [5, 5.41) is 14.7. The number of imidazole rings is 1. The van der Waals surface area contributed by atoms with Crippen LogP contribution in [0.15, 0.2) is 90.2 Å². The van der Waals surface area contributed by atoms with Gasteiger partial charge in [-0.25, -0.2) is 4.98 Å². The zero-order valence-electron chi connectivity index (χ0n) is 17.3. The third-order valence-corrected chi connectivity index (χ3v) is 5.72. The van der Waals surface area contributed by atoms with Gasteiger partial charge in [-0.2, -0.15) is 0 Å². The van der Waals surface area contributed by atoms with E-state index in [1.807, 2.05) is 72.2 Å². The first-order valence-corrected chi connectivity index (χ1v) is 10.9. The number of nitrogens with zero attached hydrogens (tertiary/aromatic N) is 3. The number of anilines is 1. The average Bonchev–Trinajstić information content (AvgIpc) is 3.24. The normalized spacial score (nSPS) is 10.7. The zero-order valence-corrected chi connectivity index (χ0v) is 18.1. The van der Waals surface area contributed by atoms with Gasteiger partial charge in [-0.3, -0.25) is 19.5 Å². The van der Waals surface area contributed by atoms with Crippen LogP contribution in [-0.4, -0.2) is 26.1 Å². The largest absolute Gasteiger partial charge is 0.325 e. The lowest BCUT2D eigenvalue weighted by Crippen LogP contribution is -2.14. The highest BCUT2D eigenvalue weighted by Crippen LogP contribution is 2.31. The lowest BCUT2D eigenvalue weighted by atomic mass is 10.1. The first-order valence-electron chi connectivity index (χ1n) is 9.88. The number of thioether (sulfide) groups is 1. The van der Waals surface area contributed by atoms with Gasteiger partial charge in [-0.05, 0) is 31.2 Å². The van der Waals surface area contributed by atoms with E-state index in [-0.39, 0.29) is 17.3 Å². The van der Waals surface area contributed by atoms with E-state index in [0.717, 1.165) is 16.9 Å². The number of nitrogens with one attached hydrogen (secondary N) is 1. The molecule has 1 amide bonds. The van der Waals surface area contributed by atoms with Crippen LogP contribution in [0.3, 0.4) is 0 Å². The highest BCUT2D eigenvalue weighted by atomic mass is 32.2. The molecule has 0 atom stereocenters. The van der Waals surface area contributed by atoms with Gasteiger partial charge in [0.1, 0.15) is 0 Å². The molecule has 3 aromatic carbocycles. The van der Waals surface area contributed by atoms with Gasteiger partial charge in [0.2, 0.25) is 5.91 Å². The molecule has 4 aromatic rings. The molecule has 4 rings (SSSR count). The fraction of sp³-hybridized carbons (Fsp3) is 0.0833. The van der Waals surface area contributed by atoms with Gasteiger partial charge >= 0.3 is 0 Å². The first-order chi connectivity index (χ1) is 15.5. The van der Waals surface area contributed by atoms with E-state index in [1.165, 1.54) is 23.9 Å². The number of para-hydroxylation sites is 1. The molecule has 0 aliphatic rings. The Morgan fingerprint density at radius 3 is 2.53 bits per heavy atom. The maximum atomic E-state index is 12.5. The van der Waals surface area contributed by atoms with Gasteiger partial charge in [-0.1, -0.05) is 59.8 Å². The Hall–Kier alpha value is -3.91. The summed E-state index contributed by atoms with van der Waals surface area (Å²) >= 11 is 1.30. The molecule has 32 heavy (non-hydrogen) atoms. The van der Waals surface area contributed by atoms with Crippen molar-refractivity contribution < 1.29 is 9.72 Å². The van der Waals surface area contributed by atoms with Crippen molar-refractivity contribution in [3.05, 3.63) is 101 Å². The minimum absolute atomic E-state index is 0.00925. The molecule has 1 heterocycles. The van der Waals surface area contributed by atoms with Gasteiger partial charge < -0.3 is 5.32 Å². The van der Waals surface area contributed by atoms with Crippen LogP contribution in [0, 0.1) is 17.0 Å². The maximum Gasteiger partial charge on any atom is 0.270 e. The van der Waals surface area contributed by atoms with Crippen LogP contribution >= 0.6 is 11.8 Å². The molecular weight excluding hydrogens is 424 g/mol. The van der Waals surface area contributed by atoms with Crippen molar-refractivity contribution in [2.45, 2.75) is 12.1 Å². The number of hydrogen-bond donors (Lipinski definition) is 1. The van der Waals surface area contributed by atoms with Crippen molar-refractivity contribution in [2.75, 3.05) is 11.1 Å². The van der Waals surface area contributed by atoms with Crippen molar-refractivity contribution in [1.29, 1.82) is 0 Å². The number of nitro groups is 1. The van der Waals surface area contributed by atoms with Crippen molar-refractivity contribution >= 4 is 29.0 Å². The van der Waals surface area contributed by atoms with E-state index in [9.17, 15) is 14.9 Å². The van der Waals surface area contributed by atoms with E-state index in [4.69, 9.17) is 0 Å². The summed E-state index contributed by atoms with van der Waals surface area (Å²) in [7, 11) is 0. The fourth-order valence-electron chi connectivity index (χ4n) is 3.21. The number of hydrogen-bond acceptors (Lipinski definition) is 5. The van der Waals surface area contributed by atoms with Crippen LogP contribution in [0.25, 0.3) is 16.9 Å². The lowest BCUT2D eigenvalue weighted by molar-refractivity contribution is -0.384. The molecule has 0 saturated carbocycles. The van der Waals surface area contributed by atoms with Gasteiger partial charge in [0.25, 0.3) is 5.69 Å². The van der Waals surface area contributed by atoms with Gasteiger partial charge in [-0.15, -0.1) is 0 Å². The predicted molar refractivity (Wildman–Crippen MR) is 126 cm³/mol. The van der Waals surface area contributed by atoms with E-state index < -0.39 is 4.92 Å². The standard InChI is InChI=1S/C24H20N4O3S/c1-17-10-12-19(13-11-17)26-23(29)16-32-24-25-15-22(27(24)20-7-3-2-4-8-20)18-6-5-9-21(14-18)28(30)31/h2-15H,16H2,1H3,(H,26,29). The molecule has 0 spiro atoms. The van der Waals surface area contributed by atoms with Gasteiger partial charge in [0.15, 0.2) is 5.16 Å². The second kappa shape index (κ2) is 9.49. The fourth-order valence-corrected chi connectivity index (χ4v) is 4.00. The number of aromatic nitrogens is 2. The third-order valence-electron chi connectivity index (χ3n) is 4.76. The summed E-state index contributed by atoms with van der Waals surface area (Å²) in [6.45, 7) is 1.99. The molecular formula is C24H20N4O3S. The van der Waals surface area contributed by atoms with Gasteiger partial charge in [0.05, 0.1) is 22.6 Å². The number of carbonyl (C=O) groups excluding carboxylic acids is 1. The van der Waals surface area contributed by atoms with Crippen molar-refractivity contribution in [3.63, 3.8) is 0 Å². The quantitative estimate of drug-likeness (QED) is 0.231. The number of nitro benzene ring substituents is 1. The SMILES string of the molecule is Cc1ccc(NC(=O)CSc2ncc(-c3cccc([N+](=O)[O-])c3)n2-c2ccccc2)cc1. The molecule has 0 bridgehead atoms. The Morgan fingerprint density at radius 2 is 1.81 bits per heavy atom. The van der Waals surface area contributed by atoms with Crippen LogP contribution in [0.4, 0.5) is 11.4 Å². The van der Waals surface area contributed by atoms with Crippen molar-refractivity contribution in [2.24, 2.45) is 0 Å². The molecule has 0 aliphatic heterocycles. The topological polar surface area (TPSA) is 90.1 Å². The lowest BCUT2D eigenvalue weighted by Gasteiger charge is -2.12. The summed E-state index contributed by atoms with van der Waals surface area (Å²) in [4.78, 5) is 27.8. The molecule has 0 saturated heterocycles. The molecule has 1 N–H and O–H groups in total. The van der Waals surface area contributed by atoms with E-state index in [2.05, 4.69) is 10.3 Å². The Morgan fingerprint density at radius 1 is 1.06 bits per heavy atom. The van der Waals surface area contributed by atoms with E-state index in [1.54, 1.807) is 12.3 Å². The number of benzene rings is 3. The van der Waals surface area contributed by atoms with Crippen LogP contribution in [0.5, 0.6) is 0 Å². The molecule has 8 heteroatoms. The first kappa shape index (κ1) is 21.3. The third kappa shape index (κ3) is 4.87. The highest BCUT2D eigenvalue weighted by Gasteiger charge is 2.17. The minimum atomic E-state index is -0.419. The molecule has 7 nitrogen and oxygen atoms in total. The second-order valence-corrected chi connectivity index (χ2v) is 8.05. The summed E-state index contributed by atoms with van der Waals surface area (Å²) < 4.78 is 1.91. The number of aryl methyl sites for hydroxylation is 1. The molecule has 160 valence electrons. The number of carbonyl (C=O) groups is 1. The molecule has 0 aliphatic carbocycles. The summed E-state index contributed by atoms with van der Waals surface area (Å²) in [6.07, 6.45) is 1.67. The van der Waals surface area contributed by atoms with Crippen molar-refractivity contribution in [1.82, 2.24) is 9.55 Å². The molecule has 0 radical (unpaired) electrons. The summed E-state index contributed by atoms with van der Waals surface area (Å²) in [5.41, 5.74) is 4.11.